The van der Waals surface area contributed by atoms with Gasteiger partial charge in [-0.2, -0.15) is 0 Å². The van der Waals surface area contributed by atoms with Crippen molar-refractivity contribution in [2.45, 2.75) is 32.3 Å². The van der Waals surface area contributed by atoms with Gasteiger partial charge in [-0.25, -0.2) is 9.78 Å². The summed E-state index contributed by atoms with van der Waals surface area (Å²) in [6.45, 7) is 4.29. The maximum absolute atomic E-state index is 5.13. The summed E-state index contributed by atoms with van der Waals surface area (Å²) < 4.78 is 5.13. The van der Waals surface area contributed by atoms with E-state index in [-0.39, 0.29) is 6.10 Å². The minimum atomic E-state index is 0.289. The quantitative estimate of drug-likeness (QED) is 0.335. The molecule has 1 unspecified atom stereocenters. The molecule has 0 aromatic carbocycles. The van der Waals surface area contributed by atoms with Crippen molar-refractivity contribution in [3.8, 4) is 0 Å². The van der Waals surface area contributed by atoms with Crippen molar-refractivity contribution in [2.75, 3.05) is 19.8 Å². The summed E-state index contributed by atoms with van der Waals surface area (Å²) >= 11 is 0. The highest BCUT2D eigenvalue weighted by Crippen LogP contribution is 2.10. The van der Waals surface area contributed by atoms with Gasteiger partial charge in [-0.1, -0.05) is 13.3 Å². The standard InChI is InChI=1S/C8H16O3/c1-2-3-5-10-11-7-8-4-6-9-8/h8H,2-7H2,1H3. The molecule has 1 atom stereocenters. The van der Waals surface area contributed by atoms with Gasteiger partial charge in [0, 0.05) is 6.61 Å². The topological polar surface area (TPSA) is 27.7 Å². The van der Waals surface area contributed by atoms with E-state index in [4.69, 9.17) is 14.5 Å². The van der Waals surface area contributed by atoms with Crippen molar-refractivity contribution in [3.05, 3.63) is 0 Å². The summed E-state index contributed by atoms with van der Waals surface area (Å²) in [4.78, 5) is 9.82. The predicted molar refractivity (Wildman–Crippen MR) is 41.2 cm³/mol. The Morgan fingerprint density at radius 2 is 2.27 bits per heavy atom. The Kier molecular flexibility index (Phi) is 4.50. The Labute approximate surface area is 67.6 Å². The minimum Gasteiger partial charge on any atom is -0.376 e. The molecule has 0 aliphatic carbocycles. The molecule has 1 aliphatic rings. The molecule has 0 aromatic heterocycles. The monoisotopic (exact) mass is 160 g/mol. The van der Waals surface area contributed by atoms with Crippen LogP contribution in [-0.2, 0) is 14.5 Å². The van der Waals surface area contributed by atoms with Crippen LogP contribution in [0.3, 0.4) is 0 Å². The van der Waals surface area contributed by atoms with Crippen LogP contribution in [0.4, 0.5) is 0 Å². The molecule has 0 saturated carbocycles. The molecule has 11 heavy (non-hydrogen) atoms. The number of hydrogen-bond acceptors (Lipinski definition) is 3. The lowest BCUT2D eigenvalue weighted by molar-refractivity contribution is -0.315. The number of hydrogen-bond donors (Lipinski definition) is 0. The zero-order valence-electron chi connectivity index (χ0n) is 7.04. The van der Waals surface area contributed by atoms with Crippen LogP contribution in [0.2, 0.25) is 0 Å². The van der Waals surface area contributed by atoms with E-state index in [0.717, 1.165) is 25.9 Å². The summed E-state index contributed by atoms with van der Waals surface area (Å²) in [5.41, 5.74) is 0. The molecule has 0 radical (unpaired) electrons. The van der Waals surface area contributed by atoms with Crippen LogP contribution in [-0.4, -0.2) is 25.9 Å². The minimum absolute atomic E-state index is 0.289. The van der Waals surface area contributed by atoms with Crippen LogP contribution in [0.5, 0.6) is 0 Å². The zero-order chi connectivity index (χ0) is 7.94. The first-order valence-electron chi connectivity index (χ1n) is 4.29. The average molecular weight is 160 g/mol. The molecule has 1 fully saturated rings. The summed E-state index contributed by atoms with van der Waals surface area (Å²) in [5.74, 6) is 0. The van der Waals surface area contributed by atoms with Gasteiger partial charge in [-0.3, -0.25) is 0 Å². The molecule has 0 aromatic rings. The number of rotatable bonds is 6. The Hall–Kier alpha value is -0.120. The molecule has 0 bridgehead atoms. The first kappa shape index (κ1) is 8.97. The Morgan fingerprint density at radius 3 is 2.82 bits per heavy atom. The van der Waals surface area contributed by atoms with Gasteiger partial charge in [0.2, 0.25) is 0 Å². The largest absolute Gasteiger partial charge is 0.376 e. The van der Waals surface area contributed by atoms with Crippen molar-refractivity contribution in [1.82, 2.24) is 0 Å². The van der Waals surface area contributed by atoms with E-state index in [1.165, 1.54) is 0 Å². The molecule has 66 valence electrons. The molecule has 0 amide bonds. The van der Waals surface area contributed by atoms with Gasteiger partial charge in [-0.05, 0) is 12.8 Å². The van der Waals surface area contributed by atoms with Crippen LogP contribution < -0.4 is 0 Å². The van der Waals surface area contributed by atoms with Gasteiger partial charge in [0.05, 0.1) is 12.7 Å². The van der Waals surface area contributed by atoms with Crippen LogP contribution in [0, 0.1) is 0 Å². The van der Waals surface area contributed by atoms with Gasteiger partial charge in [-0.15, -0.1) is 0 Å². The highest BCUT2D eigenvalue weighted by molar-refractivity contribution is 4.63. The maximum Gasteiger partial charge on any atom is 0.108 e. The summed E-state index contributed by atoms with van der Waals surface area (Å²) in [6.07, 6.45) is 3.60. The molecule has 1 rings (SSSR count). The van der Waals surface area contributed by atoms with Crippen LogP contribution in [0.25, 0.3) is 0 Å². The van der Waals surface area contributed by atoms with E-state index in [9.17, 15) is 0 Å². The molecule has 1 heterocycles. The second kappa shape index (κ2) is 5.52. The van der Waals surface area contributed by atoms with Crippen molar-refractivity contribution in [3.63, 3.8) is 0 Å². The first-order valence-corrected chi connectivity index (χ1v) is 4.29. The second-order valence-corrected chi connectivity index (χ2v) is 2.74. The highest BCUT2D eigenvalue weighted by Gasteiger charge is 2.18. The third-order valence-corrected chi connectivity index (χ3v) is 1.71. The lowest BCUT2D eigenvalue weighted by Gasteiger charge is -2.25. The fourth-order valence-electron chi connectivity index (χ4n) is 0.802. The lowest BCUT2D eigenvalue weighted by Crippen LogP contribution is -2.31. The summed E-state index contributed by atoms with van der Waals surface area (Å²) in [7, 11) is 0. The van der Waals surface area contributed by atoms with E-state index in [2.05, 4.69) is 6.92 Å². The number of ether oxygens (including phenoxy) is 1. The Morgan fingerprint density at radius 1 is 1.45 bits per heavy atom. The molecule has 0 spiro atoms. The number of unbranched alkanes of at least 4 members (excludes halogenated alkanes) is 1. The van der Waals surface area contributed by atoms with E-state index in [1.54, 1.807) is 0 Å². The highest BCUT2D eigenvalue weighted by atomic mass is 17.2. The van der Waals surface area contributed by atoms with Gasteiger partial charge >= 0.3 is 0 Å². The van der Waals surface area contributed by atoms with Crippen LogP contribution in [0.15, 0.2) is 0 Å². The van der Waals surface area contributed by atoms with E-state index in [1.807, 2.05) is 0 Å². The molecule has 0 N–H and O–H groups in total. The Balaban J connectivity index is 1.73. The average Bonchev–Trinajstić information content (AvgIpc) is 1.93. The third kappa shape index (κ3) is 3.70. The SMILES string of the molecule is CCCCOOCC1CCO1. The fourth-order valence-corrected chi connectivity index (χ4v) is 0.802. The van der Waals surface area contributed by atoms with Gasteiger partial charge < -0.3 is 4.74 Å². The summed E-state index contributed by atoms with van der Waals surface area (Å²) in [6, 6.07) is 0. The van der Waals surface area contributed by atoms with Crippen molar-refractivity contribution in [1.29, 1.82) is 0 Å². The van der Waals surface area contributed by atoms with Crippen molar-refractivity contribution >= 4 is 0 Å². The van der Waals surface area contributed by atoms with Crippen molar-refractivity contribution in [2.24, 2.45) is 0 Å². The third-order valence-electron chi connectivity index (χ3n) is 1.71. The smallest absolute Gasteiger partial charge is 0.108 e. The molecule has 3 heteroatoms. The van der Waals surface area contributed by atoms with E-state index >= 15 is 0 Å². The fraction of sp³-hybridized carbons (Fsp3) is 1.00. The molecule has 3 nitrogen and oxygen atoms in total. The second-order valence-electron chi connectivity index (χ2n) is 2.74. The molecular weight excluding hydrogens is 144 g/mol. The lowest BCUT2D eigenvalue weighted by atomic mass is 10.2. The van der Waals surface area contributed by atoms with E-state index < -0.39 is 0 Å². The molecular formula is C8H16O3. The zero-order valence-corrected chi connectivity index (χ0v) is 7.04. The van der Waals surface area contributed by atoms with Crippen molar-refractivity contribution < 1.29 is 14.5 Å². The van der Waals surface area contributed by atoms with Crippen LogP contribution >= 0.6 is 0 Å². The van der Waals surface area contributed by atoms with E-state index in [0.29, 0.717) is 13.2 Å². The molecule has 1 saturated heterocycles. The maximum atomic E-state index is 5.13. The predicted octanol–water partition coefficient (Wildman–Crippen LogP) is 1.52. The van der Waals surface area contributed by atoms with Gasteiger partial charge in [0.25, 0.3) is 0 Å². The van der Waals surface area contributed by atoms with Crippen LogP contribution in [0.1, 0.15) is 26.2 Å². The summed E-state index contributed by atoms with van der Waals surface area (Å²) in [5, 5.41) is 0. The van der Waals surface area contributed by atoms with Gasteiger partial charge in [0.1, 0.15) is 6.61 Å². The molecule has 1 aliphatic heterocycles. The first-order chi connectivity index (χ1) is 5.43. The van der Waals surface area contributed by atoms with Gasteiger partial charge in [0.15, 0.2) is 0 Å². The Bertz CT molecular complexity index is 91.3. The normalized spacial score (nSPS) is 23.2.